The fourth-order valence-electron chi connectivity index (χ4n) is 6.44. The maximum atomic E-state index is 13.9. The lowest BCUT2D eigenvalue weighted by Crippen LogP contribution is -2.58. The Hall–Kier alpha value is -1.87. The standard InChI is InChI=1S/C29H46ClN5O3/c1-33(38-2)29(37)35(25-6-4-3-5-7-25)26-16-18-34(19-17-26)28(36)27(20-21-8-10-22(30)11-9-21)32-24-14-12-23(31)13-15-24/h8-11,23-27,32H,3-7,12-20,31H2,1-2H3/t23?,24?,27-/m0/s1. The number of nitrogens with one attached hydrogen (secondary N) is 1. The molecule has 0 radical (unpaired) electrons. The van der Waals surface area contributed by atoms with Gasteiger partial charge in [0.15, 0.2) is 0 Å². The number of nitrogens with two attached hydrogens (primary N) is 1. The average molecular weight is 548 g/mol. The molecule has 2 aliphatic carbocycles. The summed E-state index contributed by atoms with van der Waals surface area (Å²) in [7, 11) is 3.22. The molecule has 3 aliphatic rings. The van der Waals surface area contributed by atoms with E-state index in [-0.39, 0.29) is 36.1 Å². The predicted octanol–water partition coefficient (Wildman–Crippen LogP) is 4.35. The minimum Gasteiger partial charge on any atom is -0.341 e. The van der Waals surface area contributed by atoms with E-state index in [1.54, 1.807) is 7.05 Å². The van der Waals surface area contributed by atoms with Gasteiger partial charge < -0.3 is 20.9 Å². The van der Waals surface area contributed by atoms with E-state index in [1.807, 2.05) is 29.2 Å². The summed E-state index contributed by atoms with van der Waals surface area (Å²) in [5, 5.41) is 5.74. The summed E-state index contributed by atoms with van der Waals surface area (Å²) < 4.78 is 0. The Balaban J connectivity index is 1.42. The number of hydrogen-bond acceptors (Lipinski definition) is 5. The van der Waals surface area contributed by atoms with Crippen molar-refractivity contribution in [2.45, 2.75) is 107 Å². The molecule has 3 amide bonds. The molecule has 3 fully saturated rings. The number of piperidine rings is 1. The second kappa shape index (κ2) is 14.0. The molecular weight excluding hydrogens is 502 g/mol. The lowest BCUT2D eigenvalue weighted by molar-refractivity contribution is -0.135. The Morgan fingerprint density at radius 1 is 1.00 bits per heavy atom. The third-order valence-electron chi connectivity index (χ3n) is 8.76. The molecule has 38 heavy (non-hydrogen) atoms. The van der Waals surface area contributed by atoms with Gasteiger partial charge in [-0.2, -0.15) is 0 Å². The maximum Gasteiger partial charge on any atom is 0.344 e. The minimum atomic E-state index is -0.289. The Morgan fingerprint density at radius 2 is 1.61 bits per heavy atom. The summed E-state index contributed by atoms with van der Waals surface area (Å²) in [6.45, 7) is 1.32. The van der Waals surface area contributed by atoms with E-state index < -0.39 is 0 Å². The number of nitrogens with zero attached hydrogens (tertiary/aromatic N) is 3. The van der Waals surface area contributed by atoms with Gasteiger partial charge in [0, 0.05) is 49.3 Å². The van der Waals surface area contributed by atoms with Crippen LogP contribution in [0.5, 0.6) is 0 Å². The molecule has 1 aromatic carbocycles. The summed E-state index contributed by atoms with van der Waals surface area (Å²) >= 11 is 6.11. The second-order valence-electron chi connectivity index (χ2n) is 11.4. The number of hydrogen-bond donors (Lipinski definition) is 2. The Morgan fingerprint density at radius 3 is 2.21 bits per heavy atom. The molecule has 1 heterocycles. The molecule has 0 bridgehead atoms. The number of benzene rings is 1. The first-order chi connectivity index (χ1) is 18.4. The van der Waals surface area contributed by atoms with E-state index >= 15 is 0 Å². The highest BCUT2D eigenvalue weighted by molar-refractivity contribution is 6.30. The van der Waals surface area contributed by atoms with Gasteiger partial charge in [-0.3, -0.25) is 9.63 Å². The van der Waals surface area contributed by atoms with Crippen LogP contribution < -0.4 is 11.1 Å². The van der Waals surface area contributed by atoms with Gasteiger partial charge in [-0.15, -0.1) is 0 Å². The van der Waals surface area contributed by atoms with Crippen molar-refractivity contribution >= 4 is 23.5 Å². The highest BCUT2D eigenvalue weighted by atomic mass is 35.5. The number of rotatable bonds is 8. The first kappa shape index (κ1) is 29.1. The smallest absolute Gasteiger partial charge is 0.341 e. The minimum absolute atomic E-state index is 0.0676. The van der Waals surface area contributed by atoms with Crippen LogP contribution >= 0.6 is 11.6 Å². The molecule has 1 saturated heterocycles. The van der Waals surface area contributed by atoms with Crippen LogP contribution in [0.4, 0.5) is 4.79 Å². The van der Waals surface area contributed by atoms with Crippen molar-refractivity contribution in [3.05, 3.63) is 34.9 Å². The van der Waals surface area contributed by atoms with E-state index in [0.29, 0.717) is 30.6 Å². The number of halogens is 1. The molecular formula is C29H46ClN5O3. The largest absolute Gasteiger partial charge is 0.344 e. The van der Waals surface area contributed by atoms with E-state index in [1.165, 1.54) is 18.6 Å². The number of hydroxylamine groups is 2. The number of carbonyl (C=O) groups is 2. The zero-order chi connectivity index (χ0) is 27.1. The van der Waals surface area contributed by atoms with Crippen LogP contribution in [0.15, 0.2) is 24.3 Å². The lowest BCUT2D eigenvalue weighted by atomic mass is 9.90. The topological polar surface area (TPSA) is 91.1 Å². The molecule has 0 aromatic heterocycles. The lowest BCUT2D eigenvalue weighted by Gasteiger charge is -2.45. The number of carbonyl (C=O) groups excluding carboxylic acids is 2. The fraction of sp³-hybridized carbons (Fsp3) is 0.724. The van der Waals surface area contributed by atoms with Crippen molar-refractivity contribution in [3.8, 4) is 0 Å². The molecule has 9 heteroatoms. The Kier molecular flexibility index (Phi) is 10.7. The zero-order valence-corrected chi connectivity index (χ0v) is 23.9. The van der Waals surface area contributed by atoms with Gasteiger partial charge in [0.25, 0.3) is 0 Å². The van der Waals surface area contributed by atoms with E-state index in [9.17, 15) is 9.59 Å². The summed E-state index contributed by atoms with van der Waals surface area (Å²) in [6, 6.07) is 8.37. The van der Waals surface area contributed by atoms with Crippen molar-refractivity contribution in [2.75, 3.05) is 27.2 Å². The van der Waals surface area contributed by atoms with Crippen LogP contribution in [0.25, 0.3) is 0 Å². The van der Waals surface area contributed by atoms with Crippen LogP contribution in [0.2, 0.25) is 5.02 Å². The Bertz CT molecular complexity index is 894. The Labute approximate surface area is 233 Å². The summed E-state index contributed by atoms with van der Waals surface area (Å²) in [4.78, 5) is 36.5. The van der Waals surface area contributed by atoms with Crippen LogP contribution in [0.1, 0.15) is 76.2 Å². The molecule has 0 unspecified atom stereocenters. The number of urea groups is 1. The fourth-order valence-corrected chi connectivity index (χ4v) is 6.57. The van der Waals surface area contributed by atoms with Gasteiger partial charge in [0.1, 0.15) is 0 Å². The van der Waals surface area contributed by atoms with Crippen molar-refractivity contribution < 1.29 is 14.4 Å². The molecule has 212 valence electrons. The molecule has 1 aromatic rings. The summed E-state index contributed by atoms with van der Waals surface area (Å²) in [6.07, 6.45) is 11.8. The van der Waals surface area contributed by atoms with Crippen LogP contribution in [-0.2, 0) is 16.1 Å². The van der Waals surface area contributed by atoms with Crippen LogP contribution in [0, 0.1) is 0 Å². The van der Waals surface area contributed by atoms with Gasteiger partial charge in [-0.05, 0) is 75.5 Å². The highest BCUT2D eigenvalue weighted by Crippen LogP contribution is 2.29. The second-order valence-corrected chi connectivity index (χ2v) is 11.8. The third kappa shape index (κ3) is 7.62. The third-order valence-corrected chi connectivity index (χ3v) is 9.01. The molecule has 8 nitrogen and oxygen atoms in total. The van der Waals surface area contributed by atoms with Crippen molar-refractivity contribution in [1.82, 2.24) is 20.2 Å². The van der Waals surface area contributed by atoms with E-state index in [2.05, 4.69) is 10.2 Å². The molecule has 2 saturated carbocycles. The quantitative estimate of drug-likeness (QED) is 0.472. The van der Waals surface area contributed by atoms with Crippen molar-refractivity contribution in [2.24, 2.45) is 5.73 Å². The predicted molar refractivity (Wildman–Crippen MR) is 151 cm³/mol. The van der Waals surface area contributed by atoms with Gasteiger partial charge >= 0.3 is 6.03 Å². The average Bonchev–Trinajstić information content (AvgIpc) is 2.95. The first-order valence-electron chi connectivity index (χ1n) is 14.5. The number of amides is 3. The maximum absolute atomic E-state index is 13.9. The van der Waals surface area contributed by atoms with E-state index in [4.69, 9.17) is 22.2 Å². The SMILES string of the molecule is CON(C)C(=O)N(C1CCCCC1)C1CCN(C(=O)[C@H](Cc2ccc(Cl)cc2)NC2CCC(N)CC2)CC1. The first-order valence-corrected chi connectivity index (χ1v) is 14.9. The molecule has 4 rings (SSSR count). The normalized spacial score (nSPS) is 24.2. The van der Waals surface area contributed by atoms with Crippen molar-refractivity contribution in [3.63, 3.8) is 0 Å². The van der Waals surface area contributed by atoms with Gasteiger partial charge in [0.2, 0.25) is 5.91 Å². The summed E-state index contributed by atoms with van der Waals surface area (Å²) in [5.41, 5.74) is 7.22. The molecule has 3 N–H and O–H groups in total. The summed E-state index contributed by atoms with van der Waals surface area (Å²) in [5.74, 6) is 0.151. The molecule has 0 spiro atoms. The molecule has 1 atom stereocenters. The zero-order valence-electron chi connectivity index (χ0n) is 23.1. The van der Waals surface area contributed by atoms with Gasteiger partial charge in [-0.25, -0.2) is 9.86 Å². The van der Waals surface area contributed by atoms with Gasteiger partial charge in [-0.1, -0.05) is 43.0 Å². The van der Waals surface area contributed by atoms with Crippen LogP contribution in [-0.4, -0.2) is 84.3 Å². The van der Waals surface area contributed by atoms with Crippen LogP contribution in [0.3, 0.4) is 0 Å². The number of likely N-dealkylation sites (tertiary alicyclic amines) is 1. The van der Waals surface area contributed by atoms with Gasteiger partial charge in [0.05, 0.1) is 13.2 Å². The molecule has 1 aliphatic heterocycles. The highest BCUT2D eigenvalue weighted by Gasteiger charge is 2.37. The monoisotopic (exact) mass is 547 g/mol. The van der Waals surface area contributed by atoms with E-state index in [0.717, 1.165) is 69.8 Å². The van der Waals surface area contributed by atoms with Crippen molar-refractivity contribution in [1.29, 1.82) is 0 Å².